The highest BCUT2D eigenvalue weighted by Gasteiger charge is 2.13. The van der Waals surface area contributed by atoms with Gasteiger partial charge in [0.05, 0.1) is 24.2 Å². The average Bonchev–Trinajstić information content (AvgIpc) is 2.32. The van der Waals surface area contributed by atoms with E-state index in [9.17, 15) is 13.2 Å². The molecule has 7 heteroatoms. The van der Waals surface area contributed by atoms with Crippen molar-refractivity contribution in [3.63, 3.8) is 0 Å². The van der Waals surface area contributed by atoms with Crippen molar-refractivity contribution in [2.75, 3.05) is 23.3 Å². The highest BCUT2D eigenvalue weighted by molar-refractivity contribution is 7.92. The smallest absolute Gasteiger partial charge is 0.305 e. The van der Waals surface area contributed by atoms with Crippen LogP contribution in [0.2, 0.25) is 0 Å². The number of ether oxygens (including phenoxy) is 1. The Morgan fingerprint density at radius 2 is 2.11 bits per heavy atom. The fraction of sp³-hybridized carbons (Fsp3) is 0.417. The van der Waals surface area contributed by atoms with E-state index in [2.05, 4.69) is 9.46 Å². The van der Waals surface area contributed by atoms with Gasteiger partial charge in [-0.1, -0.05) is 6.07 Å². The number of rotatable bonds is 6. The fourth-order valence-electron chi connectivity index (χ4n) is 1.50. The van der Waals surface area contributed by atoms with Crippen LogP contribution in [0.5, 0.6) is 0 Å². The Morgan fingerprint density at radius 3 is 2.68 bits per heavy atom. The first-order valence-electron chi connectivity index (χ1n) is 5.77. The number of nitrogens with one attached hydrogen (secondary N) is 1. The molecule has 0 atom stereocenters. The van der Waals surface area contributed by atoms with E-state index in [4.69, 9.17) is 5.73 Å². The number of nitrogens with two attached hydrogens (primary N) is 1. The van der Waals surface area contributed by atoms with E-state index in [0.717, 1.165) is 5.56 Å². The van der Waals surface area contributed by atoms with Crippen molar-refractivity contribution in [2.45, 2.75) is 19.8 Å². The van der Waals surface area contributed by atoms with Crippen molar-refractivity contribution >= 4 is 27.4 Å². The van der Waals surface area contributed by atoms with Crippen molar-refractivity contribution in [3.8, 4) is 0 Å². The molecular formula is C12H18N2O4S. The molecule has 6 nitrogen and oxygen atoms in total. The third kappa shape index (κ3) is 5.17. The van der Waals surface area contributed by atoms with Crippen LogP contribution < -0.4 is 10.5 Å². The van der Waals surface area contributed by atoms with E-state index >= 15 is 0 Å². The number of carbonyl (C=O) groups is 1. The van der Waals surface area contributed by atoms with Gasteiger partial charge in [-0.3, -0.25) is 9.52 Å². The minimum absolute atomic E-state index is 0.0702. The first kappa shape index (κ1) is 15.3. The zero-order chi connectivity index (χ0) is 14.5. The van der Waals surface area contributed by atoms with Crippen molar-refractivity contribution in [1.29, 1.82) is 0 Å². The quantitative estimate of drug-likeness (QED) is 0.606. The lowest BCUT2D eigenvalue weighted by atomic mass is 10.2. The average molecular weight is 286 g/mol. The monoisotopic (exact) mass is 286 g/mol. The number of nitrogen functional groups attached to an aromatic ring is 1. The first-order valence-corrected chi connectivity index (χ1v) is 7.43. The largest absolute Gasteiger partial charge is 0.469 e. The lowest BCUT2D eigenvalue weighted by molar-refractivity contribution is -0.140. The summed E-state index contributed by atoms with van der Waals surface area (Å²) in [7, 11) is -2.25. The van der Waals surface area contributed by atoms with Crippen LogP contribution in [-0.2, 0) is 19.6 Å². The lowest BCUT2D eigenvalue weighted by Crippen LogP contribution is -2.18. The maximum Gasteiger partial charge on any atom is 0.305 e. The highest BCUT2D eigenvalue weighted by Crippen LogP contribution is 2.20. The number of esters is 1. The molecule has 0 aliphatic carbocycles. The molecule has 0 saturated carbocycles. The van der Waals surface area contributed by atoms with Crippen LogP contribution in [0.3, 0.4) is 0 Å². The van der Waals surface area contributed by atoms with E-state index in [1.165, 1.54) is 7.11 Å². The molecule has 19 heavy (non-hydrogen) atoms. The van der Waals surface area contributed by atoms with Crippen LogP contribution in [0, 0.1) is 6.92 Å². The third-order valence-electron chi connectivity index (χ3n) is 2.49. The molecule has 0 aliphatic heterocycles. The number of hydrogen-bond acceptors (Lipinski definition) is 5. The summed E-state index contributed by atoms with van der Waals surface area (Å²) in [6, 6.07) is 5.07. The normalized spacial score (nSPS) is 11.1. The summed E-state index contributed by atoms with van der Waals surface area (Å²) in [6.45, 7) is 1.87. The summed E-state index contributed by atoms with van der Waals surface area (Å²) in [5, 5.41) is 0. The fourth-order valence-corrected chi connectivity index (χ4v) is 2.65. The van der Waals surface area contributed by atoms with E-state index < -0.39 is 16.0 Å². The number of aryl methyl sites for hydroxylation is 1. The molecule has 0 saturated heterocycles. The van der Waals surface area contributed by atoms with Crippen LogP contribution in [0.4, 0.5) is 11.4 Å². The van der Waals surface area contributed by atoms with E-state index in [0.29, 0.717) is 11.4 Å². The molecule has 1 aromatic carbocycles. The van der Waals surface area contributed by atoms with Gasteiger partial charge >= 0.3 is 5.97 Å². The van der Waals surface area contributed by atoms with Gasteiger partial charge in [0.2, 0.25) is 10.0 Å². The van der Waals surface area contributed by atoms with Gasteiger partial charge in [0.1, 0.15) is 0 Å². The number of hydrogen-bond donors (Lipinski definition) is 2. The molecule has 0 radical (unpaired) electrons. The standard InChI is InChI=1S/C12H18N2O4S/c1-9-5-6-11(10(13)8-9)14-19(16,17)7-3-4-12(15)18-2/h5-6,8,14H,3-4,7,13H2,1-2H3. The number of carbonyl (C=O) groups excluding carboxylic acids is 1. The number of methoxy groups -OCH3 is 1. The molecule has 1 aromatic rings. The molecular weight excluding hydrogens is 268 g/mol. The van der Waals surface area contributed by atoms with Crippen LogP contribution in [0.25, 0.3) is 0 Å². The van der Waals surface area contributed by atoms with E-state index in [1.54, 1.807) is 18.2 Å². The summed E-state index contributed by atoms with van der Waals surface area (Å²) >= 11 is 0. The maximum absolute atomic E-state index is 11.8. The topological polar surface area (TPSA) is 98.5 Å². The van der Waals surface area contributed by atoms with Gasteiger partial charge in [0.15, 0.2) is 0 Å². The lowest BCUT2D eigenvalue weighted by Gasteiger charge is -2.10. The molecule has 0 amide bonds. The highest BCUT2D eigenvalue weighted by atomic mass is 32.2. The third-order valence-corrected chi connectivity index (χ3v) is 3.85. The Kier molecular flexibility index (Phi) is 5.17. The molecule has 0 bridgehead atoms. The maximum atomic E-state index is 11.8. The van der Waals surface area contributed by atoms with Crippen LogP contribution in [0.1, 0.15) is 18.4 Å². The van der Waals surface area contributed by atoms with E-state index in [-0.39, 0.29) is 18.6 Å². The van der Waals surface area contributed by atoms with Gasteiger partial charge in [0, 0.05) is 6.42 Å². The van der Waals surface area contributed by atoms with Gasteiger partial charge < -0.3 is 10.5 Å². The predicted molar refractivity (Wildman–Crippen MR) is 74.3 cm³/mol. The SMILES string of the molecule is COC(=O)CCCS(=O)(=O)Nc1ccc(C)cc1N. The summed E-state index contributed by atoms with van der Waals surface area (Å²) in [4.78, 5) is 10.9. The summed E-state index contributed by atoms with van der Waals surface area (Å²) in [6.07, 6.45) is 0.272. The zero-order valence-electron chi connectivity index (χ0n) is 11.0. The summed E-state index contributed by atoms with van der Waals surface area (Å²) in [5.41, 5.74) is 7.40. The Morgan fingerprint density at radius 1 is 1.42 bits per heavy atom. The van der Waals surface area contributed by atoms with Crippen LogP contribution >= 0.6 is 0 Å². The van der Waals surface area contributed by atoms with Gasteiger partial charge in [0.25, 0.3) is 0 Å². The second kappa shape index (κ2) is 6.42. The van der Waals surface area contributed by atoms with Gasteiger partial charge in [-0.25, -0.2) is 8.42 Å². The molecule has 0 fully saturated rings. The van der Waals surface area contributed by atoms with Gasteiger partial charge in [-0.15, -0.1) is 0 Å². The Labute approximate surface area is 113 Å². The van der Waals surface area contributed by atoms with E-state index in [1.807, 2.05) is 6.92 Å². The summed E-state index contributed by atoms with van der Waals surface area (Å²) in [5.74, 6) is -0.583. The van der Waals surface area contributed by atoms with Crippen molar-refractivity contribution in [3.05, 3.63) is 23.8 Å². The molecule has 0 aliphatic rings. The second-order valence-electron chi connectivity index (χ2n) is 4.19. The Bertz CT molecular complexity index is 555. The molecule has 0 heterocycles. The van der Waals surface area contributed by atoms with Crippen molar-refractivity contribution in [2.24, 2.45) is 0 Å². The summed E-state index contributed by atoms with van der Waals surface area (Å²) < 4.78 is 30.4. The molecule has 0 spiro atoms. The number of benzene rings is 1. The molecule has 3 N–H and O–H groups in total. The molecule has 106 valence electrons. The van der Waals surface area contributed by atoms with Gasteiger partial charge in [-0.05, 0) is 31.0 Å². The molecule has 0 unspecified atom stereocenters. The Balaban J connectivity index is 2.61. The second-order valence-corrected chi connectivity index (χ2v) is 6.03. The predicted octanol–water partition coefficient (Wildman–Crippen LogP) is 1.27. The minimum Gasteiger partial charge on any atom is -0.469 e. The van der Waals surface area contributed by atoms with Crippen LogP contribution in [0.15, 0.2) is 18.2 Å². The minimum atomic E-state index is -3.51. The van der Waals surface area contributed by atoms with Gasteiger partial charge in [-0.2, -0.15) is 0 Å². The zero-order valence-corrected chi connectivity index (χ0v) is 11.8. The number of anilines is 2. The van der Waals surface area contributed by atoms with Crippen LogP contribution in [-0.4, -0.2) is 27.2 Å². The Hall–Kier alpha value is -1.76. The van der Waals surface area contributed by atoms with Crippen molar-refractivity contribution in [1.82, 2.24) is 0 Å². The van der Waals surface area contributed by atoms with Crippen molar-refractivity contribution < 1.29 is 17.9 Å². The molecule has 0 aromatic heterocycles. The first-order chi connectivity index (χ1) is 8.84. The number of sulfonamides is 1. The molecule has 1 rings (SSSR count).